The summed E-state index contributed by atoms with van der Waals surface area (Å²) in [5, 5.41) is 0.216. The highest BCUT2D eigenvalue weighted by molar-refractivity contribution is 8.08. The zero-order chi connectivity index (χ0) is 19.5. The number of thioether (sulfide) groups is 1. The third-order valence-electron chi connectivity index (χ3n) is 3.73. The highest BCUT2D eigenvalue weighted by atomic mass is 32.2. The smallest absolute Gasteiger partial charge is 0.309 e. The van der Waals surface area contributed by atoms with E-state index in [1.807, 2.05) is 0 Å². The molecule has 0 saturated carbocycles. The molecule has 0 bridgehead atoms. The maximum Gasteiger partial charge on any atom is 0.309 e. The summed E-state index contributed by atoms with van der Waals surface area (Å²) in [6.07, 6.45) is 0.481. The summed E-state index contributed by atoms with van der Waals surface area (Å²) in [6.45, 7) is 1.76. The van der Waals surface area contributed by atoms with Gasteiger partial charge in [-0.3, -0.25) is 0 Å². The lowest BCUT2D eigenvalue weighted by Gasteiger charge is -2.09. The molecule has 1 saturated heterocycles. The lowest BCUT2D eigenvalue weighted by atomic mass is 10.3. The molecule has 1 atom stereocenters. The molecule has 0 amide bonds. The Balaban J connectivity index is 1.63. The highest BCUT2D eigenvalue weighted by Gasteiger charge is 2.29. The predicted molar refractivity (Wildman–Crippen MR) is 106 cm³/mol. The predicted octanol–water partition coefficient (Wildman–Crippen LogP) is 3.49. The van der Waals surface area contributed by atoms with Crippen molar-refractivity contribution in [2.75, 3.05) is 17.3 Å². The second kappa shape index (κ2) is 8.12. The summed E-state index contributed by atoms with van der Waals surface area (Å²) in [4.78, 5) is 0.284. The van der Waals surface area contributed by atoms with E-state index >= 15 is 0 Å². The largest absolute Gasteiger partial charge is 0.457 e. The van der Waals surface area contributed by atoms with Gasteiger partial charge in [0, 0.05) is 11.0 Å². The maximum atomic E-state index is 12.2. The number of benzene rings is 2. The molecule has 27 heavy (non-hydrogen) atoms. The van der Waals surface area contributed by atoms with Gasteiger partial charge in [-0.25, -0.2) is 8.42 Å². The van der Waals surface area contributed by atoms with E-state index in [0.717, 1.165) is 5.75 Å². The van der Waals surface area contributed by atoms with E-state index in [9.17, 15) is 16.8 Å². The third kappa shape index (κ3) is 5.88. The van der Waals surface area contributed by atoms with Gasteiger partial charge in [0.25, 0.3) is 0 Å². The van der Waals surface area contributed by atoms with Gasteiger partial charge in [-0.05, 0) is 55.0 Å². The summed E-state index contributed by atoms with van der Waals surface area (Å²) >= 11 is 1.65. The highest BCUT2D eigenvalue weighted by Crippen LogP contribution is 2.33. The van der Waals surface area contributed by atoms with Crippen LogP contribution in [-0.4, -0.2) is 39.3 Å². The molecule has 0 aromatic heterocycles. The molecule has 2 aromatic carbocycles. The Morgan fingerprint density at radius 3 is 1.96 bits per heavy atom. The van der Waals surface area contributed by atoms with Gasteiger partial charge in [-0.15, -0.1) is 0 Å². The minimum absolute atomic E-state index is 0.0417. The van der Waals surface area contributed by atoms with E-state index < -0.39 is 20.0 Å². The van der Waals surface area contributed by atoms with Crippen molar-refractivity contribution in [1.82, 2.24) is 0 Å². The third-order valence-corrected chi connectivity index (χ3v) is 8.10. The van der Waals surface area contributed by atoms with Crippen molar-refractivity contribution in [1.29, 1.82) is 0 Å². The monoisotopic (exact) mass is 428 g/mol. The fourth-order valence-corrected chi connectivity index (χ4v) is 6.02. The van der Waals surface area contributed by atoms with Gasteiger partial charge in [-0.1, -0.05) is 6.92 Å². The SMILES string of the molecule is CCCS(=O)(=O)Oc1ccc(Oc2ccc(S(=O)(=O)CC3CS3)cc2)cc1. The quantitative estimate of drug-likeness (QED) is 0.446. The maximum absolute atomic E-state index is 12.2. The van der Waals surface area contributed by atoms with E-state index in [0.29, 0.717) is 17.9 Å². The molecule has 1 fully saturated rings. The van der Waals surface area contributed by atoms with E-state index in [-0.39, 0.29) is 27.4 Å². The molecular formula is C18H20O6S3. The standard InChI is InChI=1S/C18H20O6S3/c1-2-11-27(21,22)24-16-5-3-14(4-6-16)23-15-7-9-18(10-8-15)26(19,20)13-17-12-25-17/h3-10,17H,2,11-13H2,1H3. The van der Waals surface area contributed by atoms with E-state index in [1.54, 1.807) is 43.0 Å². The first-order valence-corrected chi connectivity index (χ1v) is 12.7. The molecule has 0 aliphatic carbocycles. The van der Waals surface area contributed by atoms with Gasteiger partial charge < -0.3 is 8.92 Å². The molecule has 9 heteroatoms. The zero-order valence-electron chi connectivity index (χ0n) is 14.7. The molecule has 146 valence electrons. The molecule has 0 spiro atoms. The lowest BCUT2D eigenvalue weighted by molar-refractivity contribution is 0.473. The van der Waals surface area contributed by atoms with Crippen LogP contribution in [0.15, 0.2) is 53.4 Å². The number of hydrogen-bond acceptors (Lipinski definition) is 7. The van der Waals surface area contributed by atoms with Crippen molar-refractivity contribution in [2.45, 2.75) is 23.5 Å². The molecule has 6 nitrogen and oxygen atoms in total. The van der Waals surface area contributed by atoms with Crippen LogP contribution in [0, 0.1) is 0 Å². The molecule has 1 aliphatic rings. The van der Waals surface area contributed by atoms with Gasteiger partial charge in [0.15, 0.2) is 9.84 Å². The molecule has 3 rings (SSSR count). The molecule has 0 N–H and O–H groups in total. The Bertz CT molecular complexity index is 976. The average Bonchev–Trinajstić information content (AvgIpc) is 3.40. The normalized spacial score (nSPS) is 16.7. The molecule has 1 aliphatic heterocycles. The fraction of sp³-hybridized carbons (Fsp3) is 0.333. The van der Waals surface area contributed by atoms with Crippen LogP contribution >= 0.6 is 11.8 Å². The molecular weight excluding hydrogens is 408 g/mol. The van der Waals surface area contributed by atoms with E-state index in [4.69, 9.17) is 8.92 Å². The van der Waals surface area contributed by atoms with Crippen molar-refractivity contribution in [2.24, 2.45) is 0 Å². The van der Waals surface area contributed by atoms with Crippen LogP contribution in [0.2, 0.25) is 0 Å². The molecule has 1 heterocycles. The summed E-state index contributed by atoms with van der Waals surface area (Å²) in [7, 11) is -6.84. The number of ether oxygens (including phenoxy) is 1. The summed E-state index contributed by atoms with van der Waals surface area (Å²) < 4.78 is 58.4. The van der Waals surface area contributed by atoms with Crippen molar-refractivity contribution in [3.63, 3.8) is 0 Å². The van der Waals surface area contributed by atoms with Crippen LogP contribution in [0.1, 0.15) is 13.3 Å². The second-order valence-corrected chi connectivity index (χ2v) is 11.2. The molecule has 1 unspecified atom stereocenters. The number of rotatable bonds is 9. The van der Waals surface area contributed by atoms with Crippen molar-refractivity contribution in [3.8, 4) is 17.2 Å². The number of sulfone groups is 1. The van der Waals surface area contributed by atoms with E-state index in [1.165, 1.54) is 24.3 Å². The Labute approximate surface area is 163 Å². The van der Waals surface area contributed by atoms with Gasteiger partial charge >= 0.3 is 10.1 Å². The van der Waals surface area contributed by atoms with Crippen LogP contribution < -0.4 is 8.92 Å². The Morgan fingerprint density at radius 1 is 0.926 bits per heavy atom. The zero-order valence-corrected chi connectivity index (χ0v) is 17.1. The van der Waals surface area contributed by atoms with Gasteiger partial charge in [0.1, 0.15) is 17.2 Å². The van der Waals surface area contributed by atoms with Crippen molar-refractivity contribution < 1.29 is 25.8 Å². The van der Waals surface area contributed by atoms with Gasteiger partial charge in [0.2, 0.25) is 0 Å². The topological polar surface area (TPSA) is 86.7 Å². The summed E-state index contributed by atoms with van der Waals surface area (Å²) in [6, 6.07) is 12.5. The van der Waals surface area contributed by atoms with Crippen LogP contribution in [0.3, 0.4) is 0 Å². The van der Waals surface area contributed by atoms with Gasteiger partial charge in [-0.2, -0.15) is 20.2 Å². The van der Waals surface area contributed by atoms with Crippen LogP contribution in [0.25, 0.3) is 0 Å². The van der Waals surface area contributed by atoms with Crippen LogP contribution in [-0.2, 0) is 20.0 Å². The molecule has 2 aromatic rings. The Hall–Kier alpha value is -1.71. The van der Waals surface area contributed by atoms with Gasteiger partial charge in [0.05, 0.1) is 16.4 Å². The second-order valence-electron chi connectivity index (χ2n) is 6.13. The minimum Gasteiger partial charge on any atom is -0.457 e. The van der Waals surface area contributed by atoms with Crippen LogP contribution in [0.5, 0.6) is 17.2 Å². The Morgan fingerprint density at radius 2 is 1.44 bits per heavy atom. The Kier molecular flexibility index (Phi) is 6.02. The number of hydrogen-bond donors (Lipinski definition) is 0. The van der Waals surface area contributed by atoms with Crippen LogP contribution in [0.4, 0.5) is 0 Å². The first kappa shape index (κ1) is 20.0. The minimum atomic E-state index is -3.58. The summed E-state index contributed by atoms with van der Waals surface area (Å²) in [5.41, 5.74) is 0. The van der Waals surface area contributed by atoms with Crippen molar-refractivity contribution >= 4 is 31.7 Å². The summed E-state index contributed by atoms with van der Waals surface area (Å²) in [5.74, 6) is 2.22. The molecule has 0 radical (unpaired) electrons. The average molecular weight is 429 g/mol. The first-order chi connectivity index (χ1) is 12.8. The van der Waals surface area contributed by atoms with Crippen molar-refractivity contribution in [3.05, 3.63) is 48.5 Å². The first-order valence-electron chi connectivity index (χ1n) is 8.42. The van der Waals surface area contributed by atoms with E-state index in [2.05, 4.69) is 0 Å². The fourth-order valence-electron chi connectivity index (χ4n) is 2.36. The lowest BCUT2D eigenvalue weighted by Crippen LogP contribution is -2.12.